The van der Waals surface area contributed by atoms with E-state index in [1.807, 2.05) is 30.3 Å². The number of carbonyl (C=O) groups is 1. The highest BCUT2D eigenvalue weighted by Crippen LogP contribution is 2.27. The van der Waals surface area contributed by atoms with Gasteiger partial charge in [0.1, 0.15) is 15.9 Å². The fourth-order valence-electron chi connectivity index (χ4n) is 2.87. The number of aromatic nitrogens is 2. The van der Waals surface area contributed by atoms with Gasteiger partial charge < -0.3 is 5.32 Å². The molecule has 3 aromatic carbocycles. The average molecular weight is 459 g/mol. The molecule has 0 aliphatic rings. The Labute approximate surface area is 182 Å². The van der Waals surface area contributed by atoms with Crippen molar-refractivity contribution in [3.05, 3.63) is 82.9 Å². The standard InChI is InChI=1S/C20H15ClN4O3S2/c21-14-9-10-15(20(26)22-12-13-5-2-1-3-6-13)17(11-14)25-30(27,28)18-8-4-7-16-19(18)24-29-23-16/h1-11,25H,12H2,(H,22,26). The zero-order valence-corrected chi connectivity index (χ0v) is 17.8. The molecule has 30 heavy (non-hydrogen) atoms. The normalized spacial score (nSPS) is 11.4. The lowest BCUT2D eigenvalue weighted by atomic mass is 10.1. The second-order valence-electron chi connectivity index (χ2n) is 6.35. The molecule has 0 radical (unpaired) electrons. The summed E-state index contributed by atoms with van der Waals surface area (Å²) >= 11 is 6.99. The van der Waals surface area contributed by atoms with Gasteiger partial charge in [-0.25, -0.2) is 8.42 Å². The van der Waals surface area contributed by atoms with E-state index in [9.17, 15) is 13.2 Å². The number of fused-ring (bicyclic) bond motifs is 1. The lowest BCUT2D eigenvalue weighted by Crippen LogP contribution is -2.25. The van der Waals surface area contributed by atoms with Gasteiger partial charge in [-0.1, -0.05) is 48.0 Å². The minimum atomic E-state index is -4.03. The smallest absolute Gasteiger partial charge is 0.264 e. The molecule has 0 saturated heterocycles. The summed E-state index contributed by atoms with van der Waals surface area (Å²) in [6, 6.07) is 18.5. The number of nitrogens with one attached hydrogen (secondary N) is 2. The molecule has 1 amide bonds. The topological polar surface area (TPSA) is 101 Å². The molecule has 0 saturated carbocycles. The summed E-state index contributed by atoms with van der Waals surface area (Å²) in [5, 5.41) is 3.08. The molecular weight excluding hydrogens is 444 g/mol. The second kappa shape index (κ2) is 8.39. The van der Waals surface area contributed by atoms with Crippen LogP contribution in [0.5, 0.6) is 0 Å². The fraction of sp³-hybridized carbons (Fsp3) is 0.0500. The lowest BCUT2D eigenvalue weighted by molar-refractivity contribution is 0.0952. The number of hydrogen-bond acceptors (Lipinski definition) is 6. The third kappa shape index (κ3) is 4.28. The van der Waals surface area contributed by atoms with E-state index in [2.05, 4.69) is 18.8 Å². The van der Waals surface area contributed by atoms with Crippen molar-refractivity contribution in [1.29, 1.82) is 0 Å². The van der Waals surface area contributed by atoms with E-state index in [0.29, 0.717) is 17.1 Å². The van der Waals surface area contributed by atoms with Crippen LogP contribution < -0.4 is 10.0 Å². The maximum atomic E-state index is 13.0. The molecule has 0 atom stereocenters. The number of amides is 1. The third-order valence-corrected chi connectivity index (χ3v) is 6.48. The van der Waals surface area contributed by atoms with Crippen LogP contribution in [0.15, 0.2) is 71.6 Å². The average Bonchev–Trinajstić information content (AvgIpc) is 3.21. The Kier molecular flexibility index (Phi) is 5.67. The highest BCUT2D eigenvalue weighted by atomic mass is 35.5. The van der Waals surface area contributed by atoms with E-state index in [1.165, 1.54) is 24.3 Å². The number of halogens is 1. The van der Waals surface area contributed by atoms with Crippen LogP contribution in [0.2, 0.25) is 5.02 Å². The number of sulfonamides is 1. The molecule has 1 heterocycles. The Morgan fingerprint density at radius 2 is 1.80 bits per heavy atom. The molecule has 0 aliphatic carbocycles. The van der Waals surface area contributed by atoms with Crippen molar-refractivity contribution in [2.24, 2.45) is 0 Å². The van der Waals surface area contributed by atoms with Crippen molar-refractivity contribution in [2.75, 3.05) is 4.72 Å². The summed E-state index contributed by atoms with van der Waals surface area (Å²) in [7, 11) is -4.03. The molecule has 0 aliphatic heterocycles. The molecule has 0 spiro atoms. The zero-order valence-electron chi connectivity index (χ0n) is 15.4. The summed E-state index contributed by atoms with van der Waals surface area (Å²) in [4.78, 5) is 12.7. The van der Waals surface area contributed by atoms with Crippen LogP contribution in [0.1, 0.15) is 15.9 Å². The zero-order chi connectivity index (χ0) is 21.1. The molecule has 2 N–H and O–H groups in total. The molecular formula is C20H15ClN4O3S2. The van der Waals surface area contributed by atoms with Gasteiger partial charge in [0.05, 0.1) is 23.0 Å². The van der Waals surface area contributed by atoms with Gasteiger partial charge in [0, 0.05) is 11.6 Å². The maximum Gasteiger partial charge on any atom is 0.264 e. The van der Waals surface area contributed by atoms with E-state index in [4.69, 9.17) is 11.6 Å². The molecule has 4 aromatic rings. The number of benzene rings is 3. The maximum absolute atomic E-state index is 13.0. The van der Waals surface area contributed by atoms with Crippen LogP contribution >= 0.6 is 23.3 Å². The first-order chi connectivity index (χ1) is 14.4. The van der Waals surface area contributed by atoms with Gasteiger partial charge in [0.2, 0.25) is 0 Å². The molecule has 7 nitrogen and oxygen atoms in total. The summed E-state index contributed by atoms with van der Waals surface area (Å²) in [5.74, 6) is -0.429. The summed E-state index contributed by atoms with van der Waals surface area (Å²) < 4.78 is 36.7. The third-order valence-electron chi connectivity index (χ3n) is 4.30. The quantitative estimate of drug-likeness (QED) is 0.453. The minimum Gasteiger partial charge on any atom is -0.348 e. The lowest BCUT2D eigenvalue weighted by Gasteiger charge is -2.13. The van der Waals surface area contributed by atoms with E-state index >= 15 is 0 Å². The predicted octanol–water partition coefficient (Wildman–Crippen LogP) is 4.08. The van der Waals surface area contributed by atoms with Gasteiger partial charge in [-0.05, 0) is 35.9 Å². The highest BCUT2D eigenvalue weighted by molar-refractivity contribution is 7.93. The van der Waals surface area contributed by atoms with Crippen molar-refractivity contribution in [2.45, 2.75) is 11.4 Å². The Morgan fingerprint density at radius 1 is 1.00 bits per heavy atom. The Hall–Kier alpha value is -3.01. The SMILES string of the molecule is O=C(NCc1ccccc1)c1ccc(Cl)cc1NS(=O)(=O)c1cccc2nsnc12. The first kappa shape index (κ1) is 20.3. The van der Waals surface area contributed by atoms with Crippen LogP contribution in [0, 0.1) is 0 Å². The first-order valence-corrected chi connectivity index (χ1v) is 11.4. The van der Waals surface area contributed by atoms with Crippen molar-refractivity contribution < 1.29 is 13.2 Å². The van der Waals surface area contributed by atoms with Gasteiger partial charge in [-0.2, -0.15) is 8.75 Å². The number of nitrogens with zero attached hydrogens (tertiary/aromatic N) is 2. The summed E-state index contributed by atoms with van der Waals surface area (Å²) in [5.41, 5.74) is 1.90. The van der Waals surface area contributed by atoms with Crippen molar-refractivity contribution in [1.82, 2.24) is 14.1 Å². The molecule has 4 rings (SSSR count). The molecule has 10 heteroatoms. The van der Waals surface area contributed by atoms with E-state index in [1.54, 1.807) is 12.1 Å². The van der Waals surface area contributed by atoms with Crippen molar-refractivity contribution >= 4 is 56.0 Å². The number of carbonyl (C=O) groups excluding carboxylic acids is 1. The largest absolute Gasteiger partial charge is 0.348 e. The van der Waals surface area contributed by atoms with E-state index < -0.39 is 15.9 Å². The Bertz CT molecular complexity index is 1320. The van der Waals surface area contributed by atoms with Gasteiger partial charge in [-0.15, -0.1) is 0 Å². The molecule has 1 aromatic heterocycles. The van der Waals surface area contributed by atoms with Crippen LogP contribution in [-0.4, -0.2) is 23.1 Å². The number of rotatable bonds is 6. The van der Waals surface area contributed by atoms with E-state index in [0.717, 1.165) is 17.3 Å². The first-order valence-electron chi connectivity index (χ1n) is 8.80. The molecule has 0 bridgehead atoms. The monoisotopic (exact) mass is 458 g/mol. The highest BCUT2D eigenvalue weighted by Gasteiger charge is 2.22. The van der Waals surface area contributed by atoms with Crippen LogP contribution in [-0.2, 0) is 16.6 Å². The fourth-order valence-corrected chi connectivity index (χ4v) is 4.88. The Balaban J connectivity index is 1.63. The number of anilines is 1. The van der Waals surface area contributed by atoms with Gasteiger partial charge >= 0.3 is 0 Å². The summed E-state index contributed by atoms with van der Waals surface area (Å²) in [6.07, 6.45) is 0. The predicted molar refractivity (Wildman–Crippen MR) is 117 cm³/mol. The van der Waals surface area contributed by atoms with Crippen LogP contribution in [0.25, 0.3) is 11.0 Å². The molecule has 0 unspecified atom stereocenters. The second-order valence-corrected chi connectivity index (χ2v) is 8.97. The van der Waals surface area contributed by atoms with Gasteiger partial charge in [0.15, 0.2) is 0 Å². The van der Waals surface area contributed by atoms with Gasteiger partial charge in [-0.3, -0.25) is 9.52 Å². The van der Waals surface area contributed by atoms with Crippen molar-refractivity contribution in [3.63, 3.8) is 0 Å². The minimum absolute atomic E-state index is 0.0237. The van der Waals surface area contributed by atoms with Crippen molar-refractivity contribution in [3.8, 4) is 0 Å². The van der Waals surface area contributed by atoms with Crippen LogP contribution in [0.4, 0.5) is 5.69 Å². The summed E-state index contributed by atoms with van der Waals surface area (Å²) in [6.45, 7) is 0.304. The van der Waals surface area contributed by atoms with Crippen LogP contribution in [0.3, 0.4) is 0 Å². The Morgan fingerprint density at radius 3 is 2.60 bits per heavy atom. The molecule has 152 valence electrons. The van der Waals surface area contributed by atoms with Gasteiger partial charge in [0.25, 0.3) is 15.9 Å². The number of hydrogen-bond donors (Lipinski definition) is 2. The van der Waals surface area contributed by atoms with E-state index in [-0.39, 0.29) is 21.7 Å². The molecule has 0 fully saturated rings.